The lowest BCUT2D eigenvalue weighted by Crippen LogP contribution is -2.11. The maximum atomic E-state index is 10.6. The molecule has 0 saturated carbocycles. The molecule has 4 heteroatoms. The molecule has 6 rings (SSSR count). The van der Waals surface area contributed by atoms with Crippen LogP contribution in [0, 0.1) is 0 Å². The Hall–Kier alpha value is -4.54. The second kappa shape index (κ2) is 11.5. The van der Waals surface area contributed by atoms with Gasteiger partial charge in [0.05, 0.1) is 15.9 Å². The van der Waals surface area contributed by atoms with Gasteiger partial charge in [-0.1, -0.05) is 114 Å². The molecule has 0 atom stereocenters. The second-order valence-electron chi connectivity index (χ2n) is 13.4. The molecule has 0 aliphatic rings. The van der Waals surface area contributed by atoms with Gasteiger partial charge in [-0.25, -0.2) is 4.98 Å². The SMILES string of the molecule is CC(C)(C)c1cccc(-c2cc(-c3ccccc3)c3nc(-c4ccccc4N=Cc4cc(C(C)(C)C)ccc4O)sc3c2)c1. The Morgan fingerprint density at radius 3 is 2.07 bits per heavy atom. The lowest BCUT2D eigenvalue weighted by atomic mass is 9.85. The van der Waals surface area contributed by atoms with E-state index in [1.807, 2.05) is 36.4 Å². The van der Waals surface area contributed by atoms with Gasteiger partial charge in [0.1, 0.15) is 10.8 Å². The maximum Gasteiger partial charge on any atom is 0.126 e. The van der Waals surface area contributed by atoms with Crippen LogP contribution >= 0.6 is 11.3 Å². The zero-order valence-electron chi connectivity index (χ0n) is 26.2. The Morgan fingerprint density at radius 2 is 1.32 bits per heavy atom. The molecule has 0 radical (unpaired) electrons. The molecule has 1 N–H and O–H groups in total. The quantitative estimate of drug-likeness (QED) is 0.202. The average Bonchev–Trinajstić information content (AvgIpc) is 3.44. The third-order valence-electron chi connectivity index (χ3n) is 8.01. The fraction of sp³-hybridized carbons (Fsp3) is 0.200. The van der Waals surface area contributed by atoms with Gasteiger partial charge in [-0.3, -0.25) is 4.99 Å². The smallest absolute Gasteiger partial charge is 0.126 e. The van der Waals surface area contributed by atoms with Crippen LogP contribution in [0.15, 0.2) is 114 Å². The lowest BCUT2D eigenvalue weighted by Gasteiger charge is -2.20. The average molecular weight is 595 g/mol. The number of fused-ring (bicyclic) bond motifs is 1. The van der Waals surface area contributed by atoms with Crippen molar-refractivity contribution >= 4 is 33.5 Å². The molecule has 0 unspecified atom stereocenters. The molecule has 0 saturated heterocycles. The Morgan fingerprint density at radius 1 is 0.636 bits per heavy atom. The minimum Gasteiger partial charge on any atom is -0.507 e. The van der Waals surface area contributed by atoms with Gasteiger partial charge < -0.3 is 5.11 Å². The zero-order valence-corrected chi connectivity index (χ0v) is 27.0. The normalized spacial score (nSPS) is 12.3. The van der Waals surface area contributed by atoms with Crippen molar-refractivity contribution in [1.29, 1.82) is 0 Å². The Labute approximate surface area is 264 Å². The number of aromatic nitrogens is 1. The number of thiazole rings is 1. The van der Waals surface area contributed by atoms with Crippen LogP contribution in [-0.4, -0.2) is 16.3 Å². The number of phenols is 1. The van der Waals surface area contributed by atoms with Crippen LogP contribution in [-0.2, 0) is 10.8 Å². The van der Waals surface area contributed by atoms with Gasteiger partial charge in [0.25, 0.3) is 0 Å². The van der Waals surface area contributed by atoms with Crippen molar-refractivity contribution in [2.75, 3.05) is 0 Å². The van der Waals surface area contributed by atoms with Crippen LogP contribution in [0.3, 0.4) is 0 Å². The molecule has 0 aliphatic carbocycles. The molecular weight excluding hydrogens is 557 g/mol. The Kier molecular flexibility index (Phi) is 7.73. The fourth-order valence-corrected chi connectivity index (χ4v) is 6.41. The predicted octanol–water partition coefficient (Wildman–Crippen LogP) is 11.3. The summed E-state index contributed by atoms with van der Waals surface area (Å²) in [5.74, 6) is 0.217. The van der Waals surface area contributed by atoms with Crippen molar-refractivity contribution in [2.24, 2.45) is 4.99 Å². The van der Waals surface area contributed by atoms with E-state index in [1.54, 1.807) is 23.6 Å². The molecule has 0 amide bonds. The third kappa shape index (κ3) is 6.09. The van der Waals surface area contributed by atoms with Crippen molar-refractivity contribution in [1.82, 2.24) is 4.98 Å². The Bertz CT molecular complexity index is 1990. The highest BCUT2D eigenvalue weighted by molar-refractivity contribution is 7.21. The van der Waals surface area contributed by atoms with Crippen molar-refractivity contribution in [2.45, 2.75) is 52.4 Å². The van der Waals surface area contributed by atoms with Crippen LogP contribution in [0.5, 0.6) is 5.75 Å². The van der Waals surface area contributed by atoms with Crippen LogP contribution in [0.25, 0.3) is 43.0 Å². The summed E-state index contributed by atoms with van der Waals surface area (Å²) < 4.78 is 1.13. The van der Waals surface area contributed by atoms with E-state index in [4.69, 9.17) is 9.98 Å². The van der Waals surface area contributed by atoms with E-state index in [2.05, 4.69) is 108 Å². The molecule has 220 valence electrons. The van der Waals surface area contributed by atoms with E-state index in [0.717, 1.165) is 43.2 Å². The molecule has 1 aromatic heterocycles. The first-order chi connectivity index (χ1) is 21.0. The number of aliphatic imine (C=N–C) groups is 1. The van der Waals surface area contributed by atoms with Gasteiger partial charge in [0, 0.05) is 22.9 Å². The van der Waals surface area contributed by atoms with Gasteiger partial charge in [0.2, 0.25) is 0 Å². The topological polar surface area (TPSA) is 45.5 Å². The van der Waals surface area contributed by atoms with Crippen molar-refractivity contribution in [3.63, 3.8) is 0 Å². The first-order valence-corrected chi connectivity index (χ1v) is 15.9. The molecule has 0 bridgehead atoms. The summed E-state index contributed by atoms with van der Waals surface area (Å²) >= 11 is 1.69. The van der Waals surface area contributed by atoms with Gasteiger partial charge in [-0.2, -0.15) is 0 Å². The lowest BCUT2D eigenvalue weighted by molar-refractivity contribution is 0.473. The highest BCUT2D eigenvalue weighted by atomic mass is 32.1. The van der Waals surface area contributed by atoms with E-state index >= 15 is 0 Å². The van der Waals surface area contributed by atoms with Crippen LogP contribution in [0.1, 0.15) is 58.2 Å². The molecule has 6 aromatic rings. The fourth-order valence-electron chi connectivity index (χ4n) is 5.34. The van der Waals surface area contributed by atoms with Gasteiger partial charge in [-0.15, -0.1) is 11.3 Å². The number of hydrogen-bond donors (Lipinski definition) is 1. The first kappa shape index (κ1) is 29.5. The summed E-state index contributed by atoms with van der Waals surface area (Å²) in [6.07, 6.45) is 1.76. The van der Waals surface area contributed by atoms with Gasteiger partial charge in [0.15, 0.2) is 0 Å². The van der Waals surface area contributed by atoms with Crippen LogP contribution in [0.2, 0.25) is 0 Å². The standard InChI is InChI=1S/C40H38N2OS/c1-39(2,3)30-16-12-15-27(21-30)28-23-33(26-13-8-7-9-14-26)37-36(24-28)44-38(42-37)32-17-10-11-18-34(32)41-25-29-22-31(40(4,5)6)19-20-35(29)43/h7-25,43H,1-6H3. The molecule has 0 spiro atoms. The number of nitrogens with zero attached hydrogens (tertiary/aromatic N) is 2. The van der Waals surface area contributed by atoms with Gasteiger partial charge in [-0.05, 0) is 75.0 Å². The van der Waals surface area contributed by atoms with E-state index < -0.39 is 0 Å². The van der Waals surface area contributed by atoms with Crippen molar-refractivity contribution in [3.05, 3.63) is 126 Å². The van der Waals surface area contributed by atoms with Crippen LogP contribution in [0.4, 0.5) is 5.69 Å². The summed E-state index contributed by atoms with van der Waals surface area (Å²) in [6.45, 7) is 13.3. The number of aromatic hydroxyl groups is 1. The number of benzene rings is 5. The summed E-state index contributed by atoms with van der Waals surface area (Å²) in [5, 5.41) is 11.5. The molecule has 5 aromatic carbocycles. The van der Waals surface area contributed by atoms with E-state index in [9.17, 15) is 5.11 Å². The molecule has 44 heavy (non-hydrogen) atoms. The highest BCUT2D eigenvalue weighted by Gasteiger charge is 2.19. The number of rotatable bonds is 5. The first-order valence-electron chi connectivity index (χ1n) is 15.1. The minimum absolute atomic E-state index is 0.0292. The maximum absolute atomic E-state index is 10.6. The number of para-hydroxylation sites is 1. The molecule has 3 nitrogen and oxygen atoms in total. The second-order valence-corrected chi connectivity index (χ2v) is 14.4. The molecule has 0 fully saturated rings. The Balaban J connectivity index is 1.47. The van der Waals surface area contributed by atoms with E-state index in [1.165, 1.54) is 16.7 Å². The number of hydrogen-bond acceptors (Lipinski definition) is 4. The van der Waals surface area contributed by atoms with E-state index in [-0.39, 0.29) is 16.6 Å². The van der Waals surface area contributed by atoms with E-state index in [0.29, 0.717) is 5.56 Å². The summed E-state index contributed by atoms with van der Waals surface area (Å²) in [6, 6.07) is 37.8. The molecule has 0 aliphatic heterocycles. The molecular formula is C40H38N2OS. The summed E-state index contributed by atoms with van der Waals surface area (Å²) in [4.78, 5) is 10.1. The van der Waals surface area contributed by atoms with Crippen molar-refractivity contribution < 1.29 is 5.11 Å². The number of phenolic OH excluding ortho intramolecular Hbond substituents is 1. The van der Waals surface area contributed by atoms with Gasteiger partial charge >= 0.3 is 0 Å². The third-order valence-corrected chi connectivity index (χ3v) is 9.05. The van der Waals surface area contributed by atoms with Crippen molar-refractivity contribution in [3.8, 4) is 38.6 Å². The summed E-state index contributed by atoms with van der Waals surface area (Å²) in [5.41, 5.74) is 10.6. The highest BCUT2D eigenvalue weighted by Crippen LogP contribution is 2.42. The predicted molar refractivity (Wildman–Crippen MR) is 189 cm³/mol. The minimum atomic E-state index is -0.0292. The van der Waals surface area contributed by atoms with Crippen LogP contribution < -0.4 is 0 Å². The monoisotopic (exact) mass is 594 g/mol. The molecule has 1 heterocycles. The zero-order chi connectivity index (χ0) is 31.1. The summed E-state index contributed by atoms with van der Waals surface area (Å²) in [7, 11) is 0. The largest absolute Gasteiger partial charge is 0.507 e.